The number of benzene rings is 2. The normalized spacial score (nSPS) is 13.4. The van der Waals surface area contributed by atoms with Crippen LogP contribution in [-0.2, 0) is 23.5 Å². The largest absolute Gasteiger partial charge is 0.350 e. The highest BCUT2D eigenvalue weighted by Gasteiger charge is 2.22. The van der Waals surface area contributed by atoms with Crippen LogP contribution in [0.5, 0.6) is 0 Å². The number of fused-ring (bicyclic) bond motifs is 1. The summed E-state index contributed by atoms with van der Waals surface area (Å²) in [5.74, 6) is 0. The zero-order valence-corrected chi connectivity index (χ0v) is 17.1. The Bertz CT molecular complexity index is 1020. The Hall–Kier alpha value is -2.15. The molecule has 0 fully saturated rings. The van der Waals surface area contributed by atoms with Gasteiger partial charge in [-0.1, -0.05) is 37.3 Å². The van der Waals surface area contributed by atoms with Gasteiger partial charge in [-0.2, -0.15) is 0 Å². The third kappa shape index (κ3) is 4.08. The van der Waals surface area contributed by atoms with Crippen LogP contribution in [0.15, 0.2) is 59.6 Å². The van der Waals surface area contributed by atoms with Gasteiger partial charge in [-0.25, -0.2) is 13.1 Å². The summed E-state index contributed by atoms with van der Waals surface area (Å²) in [4.78, 5) is 2.35. The summed E-state index contributed by atoms with van der Waals surface area (Å²) >= 11 is 0. The average molecular weight is 386 g/mol. The summed E-state index contributed by atoms with van der Waals surface area (Å²) in [5.41, 5.74) is 3.37. The first-order chi connectivity index (χ1) is 12.8. The van der Waals surface area contributed by atoms with Gasteiger partial charge in [0.05, 0.1) is 4.90 Å². The molecule has 2 aromatic carbocycles. The number of nitrogens with one attached hydrogen (secondary N) is 1. The highest BCUT2D eigenvalue weighted by atomic mass is 32.2. The topological polar surface area (TPSA) is 54.3 Å². The summed E-state index contributed by atoms with van der Waals surface area (Å²) in [6.45, 7) is 2.35. The molecule has 1 aromatic heterocycles. The van der Waals surface area contributed by atoms with Gasteiger partial charge < -0.3 is 9.47 Å². The van der Waals surface area contributed by atoms with Crippen LogP contribution < -0.4 is 4.72 Å². The van der Waals surface area contributed by atoms with E-state index in [1.165, 1.54) is 0 Å². The minimum Gasteiger partial charge on any atom is -0.350 e. The molecule has 0 bridgehead atoms. The first-order valence-corrected chi connectivity index (χ1v) is 10.6. The van der Waals surface area contributed by atoms with E-state index in [4.69, 9.17) is 0 Å². The fourth-order valence-electron chi connectivity index (χ4n) is 3.39. The molecule has 1 atom stereocenters. The predicted molar refractivity (Wildman–Crippen MR) is 110 cm³/mol. The predicted octanol–water partition coefficient (Wildman–Crippen LogP) is 3.32. The van der Waals surface area contributed by atoms with Gasteiger partial charge in [0.1, 0.15) is 0 Å². The molecule has 6 heteroatoms. The van der Waals surface area contributed by atoms with Crippen LogP contribution in [0.25, 0.3) is 10.9 Å². The number of nitrogens with zero attached hydrogens (tertiary/aromatic N) is 2. The lowest BCUT2D eigenvalue weighted by atomic mass is 10.1. The lowest BCUT2D eigenvalue weighted by molar-refractivity contribution is 0.301. The first-order valence-electron chi connectivity index (χ1n) is 9.12. The van der Waals surface area contributed by atoms with Gasteiger partial charge >= 0.3 is 0 Å². The molecule has 0 saturated heterocycles. The Labute approximate surface area is 161 Å². The van der Waals surface area contributed by atoms with Gasteiger partial charge in [0.25, 0.3) is 0 Å². The maximum absolute atomic E-state index is 12.7. The first kappa shape index (κ1) is 19.6. The standard InChI is InChI=1S/C21H27N3O2S/c1-5-16-10-12-17(13-11-16)27(25,26)22-14-21(23(2)3)19-15-24(4)20-9-7-6-8-18(19)20/h6-13,15,21-22H,5,14H2,1-4H3. The van der Waals surface area contributed by atoms with Crippen LogP contribution >= 0.6 is 0 Å². The van der Waals surface area contributed by atoms with E-state index in [1.54, 1.807) is 12.1 Å². The summed E-state index contributed by atoms with van der Waals surface area (Å²) < 4.78 is 30.3. The SMILES string of the molecule is CCc1ccc(S(=O)(=O)NCC(c2cn(C)c3ccccc23)N(C)C)cc1. The molecule has 0 aliphatic heterocycles. The molecule has 0 spiro atoms. The van der Waals surface area contributed by atoms with E-state index in [2.05, 4.69) is 27.6 Å². The third-order valence-electron chi connectivity index (χ3n) is 5.02. The van der Waals surface area contributed by atoms with Crippen molar-refractivity contribution in [3.05, 3.63) is 65.9 Å². The van der Waals surface area contributed by atoms with Gasteiger partial charge in [0.15, 0.2) is 0 Å². The van der Waals surface area contributed by atoms with Crippen LogP contribution in [-0.4, -0.2) is 38.5 Å². The third-order valence-corrected chi connectivity index (χ3v) is 6.46. The number of para-hydroxylation sites is 1. The van der Waals surface area contributed by atoms with E-state index >= 15 is 0 Å². The van der Waals surface area contributed by atoms with Crippen molar-refractivity contribution in [1.82, 2.24) is 14.2 Å². The van der Waals surface area contributed by atoms with Gasteiger partial charge in [-0.15, -0.1) is 0 Å². The second-order valence-electron chi connectivity index (χ2n) is 7.04. The fraction of sp³-hybridized carbons (Fsp3) is 0.333. The molecule has 1 unspecified atom stereocenters. The number of hydrogen-bond donors (Lipinski definition) is 1. The molecule has 0 aliphatic carbocycles. The van der Waals surface area contributed by atoms with E-state index in [9.17, 15) is 8.42 Å². The number of sulfonamides is 1. The smallest absolute Gasteiger partial charge is 0.240 e. The van der Waals surface area contributed by atoms with Crippen molar-refractivity contribution in [1.29, 1.82) is 0 Å². The second-order valence-corrected chi connectivity index (χ2v) is 8.81. The molecular weight excluding hydrogens is 358 g/mol. The maximum atomic E-state index is 12.7. The molecular formula is C21H27N3O2S. The molecule has 27 heavy (non-hydrogen) atoms. The van der Waals surface area contributed by atoms with Crippen LogP contribution in [0.3, 0.4) is 0 Å². The fourth-order valence-corrected chi connectivity index (χ4v) is 4.42. The second kappa shape index (κ2) is 7.84. The maximum Gasteiger partial charge on any atom is 0.240 e. The number of rotatable bonds is 7. The lowest BCUT2D eigenvalue weighted by Gasteiger charge is -2.24. The van der Waals surface area contributed by atoms with Crippen molar-refractivity contribution >= 4 is 20.9 Å². The Morgan fingerprint density at radius 1 is 1.07 bits per heavy atom. The molecule has 144 valence electrons. The van der Waals surface area contributed by atoms with Gasteiger partial charge in [0.2, 0.25) is 10.0 Å². The molecule has 0 saturated carbocycles. The lowest BCUT2D eigenvalue weighted by Crippen LogP contribution is -2.34. The molecule has 0 radical (unpaired) electrons. The Balaban J connectivity index is 1.86. The summed E-state index contributed by atoms with van der Waals surface area (Å²) in [7, 11) is 2.40. The highest BCUT2D eigenvalue weighted by molar-refractivity contribution is 7.89. The van der Waals surface area contributed by atoms with Crippen molar-refractivity contribution in [3.63, 3.8) is 0 Å². The quantitative estimate of drug-likeness (QED) is 0.679. The van der Waals surface area contributed by atoms with Crippen LogP contribution in [0.4, 0.5) is 0 Å². The van der Waals surface area contributed by atoms with Crippen molar-refractivity contribution in [3.8, 4) is 0 Å². The number of hydrogen-bond acceptors (Lipinski definition) is 3. The minimum atomic E-state index is -3.55. The van der Waals surface area contributed by atoms with Crippen molar-refractivity contribution in [2.45, 2.75) is 24.3 Å². The highest BCUT2D eigenvalue weighted by Crippen LogP contribution is 2.28. The van der Waals surface area contributed by atoms with E-state index in [0.29, 0.717) is 11.4 Å². The molecule has 3 aromatic rings. The van der Waals surface area contributed by atoms with E-state index < -0.39 is 10.0 Å². The van der Waals surface area contributed by atoms with Crippen molar-refractivity contribution in [2.75, 3.05) is 20.6 Å². The number of likely N-dealkylation sites (N-methyl/N-ethyl adjacent to an activating group) is 1. The number of aromatic nitrogens is 1. The minimum absolute atomic E-state index is 0.0687. The molecule has 0 amide bonds. The van der Waals surface area contributed by atoms with Crippen LogP contribution in [0.2, 0.25) is 0 Å². The molecule has 3 rings (SSSR count). The van der Waals surface area contributed by atoms with Crippen molar-refractivity contribution < 1.29 is 8.42 Å². The van der Waals surface area contributed by atoms with Gasteiger partial charge in [0, 0.05) is 36.7 Å². The summed E-state index contributed by atoms with van der Waals surface area (Å²) in [6.07, 6.45) is 2.97. The zero-order chi connectivity index (χ0) is 19.6. The zero-order valence-electron chi connectivity index (χ0n) is 16.3. The Morgan fingerprint density at radius 2 is 1.74 bits per heavy atom. The molecule has 0 aliphatic rings. The Morgan fingerprint density at radius 3 is 2.37 bits per heavy atom. The number of aryl methyl sites for hydroxylation is 2. The van der Waals surface area contributed by atoms with Crippen LogP contribution in [0, 0.1) is 0 Å². The summed E-state index contributed by atoms with van der Waals surface area (Å²) in [5, 5.41) is 1.14. The molecule has 5 nitrogen and oxygen atoms in total. The monoisotopic (exact) mass is 385 g/mol. The summed E-state index contributed by atoms with van der Waals surface area (Å²) in [6, 6.07) is 15.2. The Kier molecular flexibility index (Phi) is 5.69. The molecule has 1 N–H and O–H groups in total. The van der Waals surface area contributed by atoms with E-state index in [-0.39, 0.29) is 6.04 Å². The average Bonchev–Trinajstić information content (AvgIpc) is 2.98. The van der Waals surface area contributed by atoms with E-state index in [0.717, 1.165) is 28.5 Å². The molecule has 1 heterocycles. The van der Waals surface area contributed by atoms with E-state index in [1.807, 2.05) is 57.2 Å². The van der Waals surface area contributed by atoms with Crippen LogP contribution in [0.1, 0.15) is 24.1 Å². The van der Waals surface area contributed by atoms with Gasteiger partial charge in [-0.05, 0) is 49.8 Å². The van der Waals surface area contributed by atoms with Crippen molar-refractivity contribution in [2.24, 2.45) is 7.05 Å². The van der Waals surface area contributed by atoms with Gasteiger partial charge in [-0.3, -0.25) is 0 Å².